The van der Waals surface area contributed by atoms with Crippen molar-refractivity contribution in [1.29, 1.82) is 5.26 Å². The summed E-state index contributed by atoms with van der Waals surface area (Å²) in [7, 11) is 2.01. The summed E-state index contributed by atoms with van der Waals surface area (Å²) in [5.41, 5.74) is 4.41. The zero-order chi connectivity index (χ0) is 13.9. The number of rotatable bonds is 3. The van der Waals surface area contributed by atoms with Gasteiger partial charge in [0.2, 0.25) is 0 Å². The highest BCUT2D eigenvalue weighted by Crippen LogP contribution is 2.26. The maximum atomic E-state index is 9.38. The van der Waals surface area contributed by atoms with Crippen LogP contribution in [0.1, 0.15) is 35.2 Å². The molecular weight excluding hydrogens is 266 g/mol. The molecule has 0 fully saturated rings. The molecule has 0 unspecified atom stereocenters. The molecule has 0 aliphatic heterocycles. The zero-order valence-electron chi connectivity index (χ0n) is 11.6. The van der Waals surface area contributed by atoms with Crippen molar-refractivity contribution < 1.29 is 0 Å². The number of pyridine rings is 1. The Kier molecular flexibility index (Phi) is 3.70. The fourth-order valence-corrected chi connectivity index (χ4v) is 3.39. The van der Waals surface area contributed by atoms with Crippen LogP contribution in [-0.4, -0.2) is 12.0 Å². The van der Waals surface area contributed by atoms with Gasteiger partial charge in [0.15, 0.2) is 0 Å². The molecular formula is C16H17N3S. The molecule has 0 radical (unpaired) electrons. The number of anilines is 1. The van der Waals surface area contributed by atoms with Gasteiger partial charge in [-0.2, -0.15) is 16.6 Å². The first-order valence-electron chi connectivity index (χ1n) is 6.93. The van der Waals surface area contributed by atoms with Gasteiger partial charge in [0.05, 0.1) is 5.56 Å². The molecule has 0 N–H and O–H groups in total. The van der Waals surface area contributed by atoms with Crippen molar-refractivity contribution in [3.63, 3.8) is 0 Å². The van der Waals surface area contributed by atoms with Gasteiger partial charge in [0, 0.05) is 19.3 Å². The minimum atomic E-state index is 0.698. The average molecular weight is 283 g/mol. The number of nitrogens with zero attached hydrogens (tertiary/aromatic N) is 3. The lowest BCUT2D eigenvalue weighted by Crippen LogP contribution is -2.20. The van der Waals surface area contributed by atoms with Gasteiger partial charge in [-0.15, -0.1) is 0 Å². The molecule has 2 heterocycles. The molecule has 0 saturated carbocycles. The second kappa shape index (κ2) is 5.64. The number of fused-ring (bicyclic) bond motifs is 1. The fourth-order valence-electron chi connectivity index (χ4n) is 2.73. The Morgan fingerprint density at radius 2 is 2.25 bits per heavy atom. The molecule has 0 atom stereocenters. The third-order valence-electron chi connectivity index (χ3n) is 3.76. The van der Waals surface area contributed by atoms with Crippen molar-refractivity contribution in [2.45, 2.75) is 32.2 Å². The smallest absolute Gasteiger partial charge is 0.146 e. The second-order valence-corrected chi connectivity index (χ2v) is 6.05. The fraction of sp³-hybridized carbons (Fsp3) is 0.375. The van der Waals surface area contributed by atoms with E-state index < -0.39 is 0 Å². The second-order valence-electron chi connectivity index (χ2n) is 5.27. The van der Waals surface area contributed by atoms with E-state index in [0.29, 0.717) is 5.56 Å². The van der Waals surface area contributed by atoms with Gasteiger partial charge < -0.3 is 4.90 Å². The summed E-state index contributed by atoms with van der Waals surface area (Å²) < 4.78 is 0. The Balaban J connectivity index is 1.93. The van der Waals surface area contributed by atoms with Crippen LogP contribution in [0.15, 0.2) is 22.9 Å². The maximum absolute atomic E-state index is 9.38. The molecule has 4 heteroatoms. The van der Waals surface area contributed by atoms with Crippen LogP contribution in [-0.2, 0) is 19.4 Å². The predicted octanol–water partition coefficient (Wildman–Crippen LogP) is 3.53. The standard InChI is InChI=1S/C16H17N3S/c1-19(10-12-6-7-20-11-12)16-14(9-17)8-13-4-2-3-5-15(13)18-16/h6-8,11H,2-5,10H2,1H3. The molecule has 0 bridgehead atoms. The first kappa shape index (κ1) is 13.1. The monoisotopic (exact) mass is 283 g/mol. The van der Waals surface area contributed by atoms with Crippen LogP contribution in [0.4, 0.5) is 5.82 Å². The van der Waals surface area contributed by atoms with E-state index in [2.05, 4.69) is 27.8 Å². The Morgan fingerprint density at radius 3 is 3.00 bits per heavy atom. The predicted molar refractivity (Wildman–Crippen MR) is 82.0 cm³/mol. The number of aromatic nitrogens is 1. The van der Waals surface area contributed by atoms with E-state index in [0.717, 1.165) is 25.2 Å². The first-order valence-corrected chi connectivity index (χ1v) is 7.87. The average Bonchev–Trinajstić information content (AvgIpc) is 2.98. The summed E-state index contributed by atoms with van der Waals surface area (Å²) >= 11 is 1.70. The molecule has 2 aromatic rings. The highest BCUT2D eigenvalue weighted by atomic mass is 32.1. The van der Waals surface area contributed by atoms with Gasteiger partial charge in [-0.1, -0.05) is 0 Å². The van der Waals surface area contributed by atoms with Crippen molar-refractivity contribution in [3.05, 3.63) is 45.3 Å². The van der Waals surface area contributed by atoms with E-state index in [9.17, 15) is 5.26 Å². The van der Waals surface area contributed by atoms with Crippen LogP contribution in [0.5, 0.6) is 0 Å². The van der Waals surface area contributed by atoms with Crippen molar-refractivity contribution in [1.82, 2.24) is 4.98 Å². The molecule has 3 nitrogen and oxygen atoms in total. The van der Waals surface area contributed by atoms with Crippen LogP contribution in [0.3, 0.4) is 0 Å². The third-order valence-corrected chi connectivity index (χ3v) is 4.49. The Labute approximate surface area is 123 Å². The highest BCUT2D eigenvalue weighted by Gasteiger charge is 2.17. The van der Waals surface area contributed by atoms with E-state index >= 15 is 0 Å². The van der Waals surface area contributed by atoms with Gasteiger partial charge in [0.25, 0.3) is 0 Å². The molecule has 0 saturated heterocycles. The van der Waals surface area contributed by atoms with Gasteiger partial charge in [-0.25, -0.2) is 4.98 Å². The molecule has 0 spiro atoms. The molecule has 1 aliphatic rings. The van der Waals surface area contributed by atoms with E-state index in [1.54, 1.807) is 11.3 Å². The lowest BCUT2D eigenvalue weighted by Gasteiger charge is -2.22. The molecule has 102 valence electrons. The molecule has 20 heavy (non-hydrogen) atoms. The molecule has 0 amide bonds. The van der Waals surface area contributed by atoms with Crippen LogP contribution in [0.2, 0.25) is 0 Å². The van der Waals surface area contributed by atoms with E-state index in [1.807, 2.05) is 13.1 Å². The molecule has 3 rings (SSSR count). The summed E-state index contributed by atoms with van der Waals surface area (Å²) in [6.07, 6.45) is 4.52. The van der Waals surface area contributed by atoms with Crippen LogP contribution < -0.4 is 4.90 Å². The first-order chi connectivity index (χ1) is 9.78. The maximum Gasteiger partial charge on any atom is 0.146 e. The number of hydrogen-bond donors (Lipinski definition) is 0. The number of nitriles is 1. The van der Waals surface area contributed by atoms with Gasteiger partial charge >= 0.3 is 0 Å². The van der Waals surface area contributed by atoms with E-state index in [-0.39, 0.29) is 0 Å². The number of hydrogen-bond acceptors (Lipinski definition) is 4. The summed E-state index contributed by atoms with van der Waals surface area (Å²) in [6.45, 7) is 0.796. The van der Waals surface area contributed by atoms with Gasteiger partial charge in [0.1, 0.15) is 11.9 Å². The SMILES string of the molecule is CN(Cc1ccsc1)c1nc2c(cc1C#N)CCCC2. The summed E-state index contributed by atoms with van der Waals surface area (Å²) in [5, 5.41) is 13.6. The Hall–Kier alpha value is -1.86. The summed E-state index contributed by atoms with van der Waals surface area (Å²) in [6, 6.07) is 6.46. The van der Waals surface area contributed by atoms with E-state index in [4.69, 9.17) is 4.98 Å². The van der Waals surface area contributed by atoms with Gasteiger partial charge in [-0.3, -0.25) is 0 Å². The topological polar surface area (TPSA) is 39.9 Å². The van der Waals surface area contributed by atoms with Crippen LogP contribution in [0.25, 0.3) is 0 Å². The summed E-state index contributed by atoms with van der Waals surface area (Å²) in [5.74, 6) is 0.819. The summed E-state index contributed by atoms with van der Waals surface area (Å²) in [4.78, 5) is 6.85. The van der Waals surface area contributed by atoms with Crippen molar-refractivity contribution in [2.75, 3.05) is 11.9 Å². The normalized spacial score (nSPS) is 13.6. The number of thiophene rings is 1. The van der Waals surface area contributed by atoms with Crippen molar-refractivity contribution in [3.8, 4) is 6.07 Å². The lowest BCUT2D eigenvalue weighted by molar-refractivity contribution is 0.665. The molecule has 0 aromatic carbocycles. The third kappa shape index (κ3) is 2.54. The lowest BCUT2D eigenvalue weighted by atomic mass is 9.95. The minimum absolute atomic E-state index is 0.698. The minimum Gasteiger partial charge on any atom is -0.354 e. The van der Waals surface area contributed by atoms with E-state index in [1.165, 1.54) is 29.7 Å². The van der Waals surface area contributed by atoms with Crippen LogP contribution >= 0.6 is 11.3 Å². The van der Waals surface area contributed by atoms with Gasteiger partial charge in [-0.05, 0) is 59.7 Å². The quantitative estimate of drug-likeness (QED) is 0.865. The Morgan fingerprint density at radius 1 is 1.40 bits per heavy atom. The number of aryl methyl sites for hydroxylation is 2. The Bertz CT molecular complexity index is 640. The van der Waals surface area contributed by atoms with Crippen molar-refractivity contribution >= 4 is 17.2 Å². The molecule has 1 aliphatic carbocycles. The molecule has 2 aromatic heterocycles. The highest BCUT2D eigenvalue weighted by molar-refractivity contribution is 7.07. The van der Waals surface area contributed by atoms with Crippen molar-refractivity contribution in [2.24, 2.45) is 0 Å². The van der Waals surface area contributed by atoms with Crippen LogP contribution in [0, 0.1) is 11.3 Å². The zero-order valence-corrected chi connectivity index (χ0v) is 12.4. The largest absolute Gasteiger partial charge is 0.354 e.